The SMILES string of the molecule is Cn1cc([C@H]2C[C@@H]2C(=O)N2CCCc3cccc(OC(F)F)c32)cn1. The van der Waals surface area contributed by atoms with Gasteiger partial charge in [0.25, 0.3) is 0 Å². The van der Waals surface area contributed by atoms with Crippen LogP contribution in [0, 0.1) is 5.92 Å². The van der Waals surface area contributed by atoms with Crippen LogP contribution in [0.1, 0.15) is 29.9 Å². The second kappa shape index (κ2) is 6.13. The standard InChI is InChI=1S/C18H19F2N3O2/c1-22-10-12(9-21-22)13-8-14(13)17(24)23-7-3-5-11-4-2-6-15(16(11)23)25-18(19)20/h2,4,6,9-10,13-14,18H,3,5,7-8H2,1H3/t13-,14+/m1/s1. The number of alkyl halides is 2. The quantitative estimate of drug-likeness (QED) is 0.854. The van der Waals surface area contributed by atoms with Gasteiger partial charge >= 0.3 is 6.61 Å². The highest BCUT2D eigenvalue weighted by atomic mass is 19.3. The van der Waals surface area contributed by atoms with Crippen LogP contribution in [-0.2, 0) is 18.3 Å². The van der Waals surface area contributed by atoms with Crippen LogP contribution < -0.4 is 9.64 Å². The molecule has 0 bridgehead atoms. The number of hydrogen-bond acceptors (Lipinski definition) is 3. The zero-order chi connectivity index (χ0) is 17.6. The summed E-state index contributed by atoms with van der Waals surface area (Å²) >= 11 is 0. The predicted molar refractivity (Wildman–Crippen MR) is 87.8 cm³/mol. The maximum absolute atomic E-state index is 13.0. The van der Waals surface area contributed by atoms with E-state index in [1.807, 2.05) is 19.3 Å². The molecule has 2 aliphatic rings. The summed E-state index contributed by atoms with van der Waals surface area (Å²) < 4.78 is 31.9. The maximum atomic E-state index is 13.0. The van der Waals surface area contributed by atoms with Gasteiger partial charge in [0.2, 0.25) is 5.91 Å². The molecule has 5 nitrogen and oxygen atoms in total. The van der Waals surface area contributed by atoms with Gasteiger partial charge < -0.3 is 9.64 Å². The summed E-state index contributed by atoms with van der Waals surface area (Å²) in [6.45, 7) is -2.37. The molecule has 25 heavy (non-hydrogen) atoms. The Bertz CT molecular complexity index is 805. The van der Waals surface area contributed by atoms with Crippen molar-refractivity contribution in [2.24, 2.45) is 13.0 Å². The topological polar surface area (TPSA) is 47.4 Å². The number of rotatable bonds is 4. The van der Waals surface area contributed by atoms with E-state index in [0.29, 0.717) is 12.2 Å². The van der Waals surface area contributed by atoms with Gasteiger partial charge in [0.15, 0.2) is 0 Å². The number of aryl methyl sites for hydroxylation is 2. The van der Waals surface area contributed by atoms with Crippen molar-refractivity contribution in [1.82, 2.24) is 9.78 Å². The van der Waals surface area contributed by atoms with Crippen molar-refractivity contribution >= 4 is 11.6 Å². The van der Waals surface area contributed by atoms with Crippen LogP contribution in [0.5, 0.6) is 5.75 Å². The molecule has 7 heteroatoms. The van der Waals surface area contributed by atoms with Crippen LogP contribution in [0.25, 0.3) is 0 Å². The molecular weight excluding hydrogens is 328 g/mol. The molecule has 0 radical (unpaired) electrons. The van der Waals surface area contributed by atoms with E-state index in [9.17, 15) is 13.6 Å². The van der Waals surface area contributed by atoms with E-state index in [1.165, 1.54) is 6.07 Å². The van der Waals surface area contributed by atoms with Crippen molar-refractivity contribution in [2.75, 3.05) is 11.4 Å². The van der Waals surface area contributed by atoms with E-state index < -0.39 is 6.61 Å². The number of ether oxygens (including phenoxy) is 1. The molecule has 1 saturated carbocycles. The lowest BCUT2D eigenvalue weighted by atomic mass is 10.00. The van der Waals surface area contributed by atoms with E-state index in [-0.39, 0.29) is 23.5 Å². The fraction of sp³-hybridized carbons (Fsp3) is 0.444. The lowest BCUT2D eigenvalue weighted by molar-refractivity contribution is -0.120. The van der Waals surface area contributed by atoms with Gasteiger partial charge in [0.1, 0.15) is 5.75 Å². The van der Waals surface area contributed by atoms with Gasteiger partial charge in [-0.2, -0.15) is 13.9 Å². The number of carbonyl (C=O) groups is 1. The summed E-state index contributed by atoms with van der Waals surface area (Å²) in [6, 6.07) is 5.07. The smallest absolute Gasteiger partial charge is 0.387 e. The van der Waals surface area contributed by atoms with Crippen LogP contribution in [-0.4, -0.2) is 28.8 Å². The molecule has 0 N–H and O–H groups in total. The van der Waals surface area contributed by atoms with Gasteiger partial charge in [-0.05, 0) is 42.4 Å². The monoisotopic (exact) mass is 347 g/mol. The Morgan fingerprint density at radius 2 is 2.24 bits per heavy atom. The van der Waals surface area contributed by atoms with Crippen molar-refractivity contribution in [3.8, 4) is 5.75 Å². The molecular formula is C18H19F2N3O2. The van der Waals surface area contributed by atoms with E-state index in [1.54, 1.807) is 21.8 Å². The number of carbonyl (C=O) groups excluding carboxylic acids is 1. The lowest BCUT2D eigenvalue weighted by Gasteiger charge is -2.31. The molecule has 0 saturated heterocycles. The Morgan fingerprint density at radius 1 is 1.40 bits per heavy atom. The molecule has 0 unspecified atom stereocenters. The number of para-hydroxylation sites is 1. The molecule has 0 spiro atoms. The molecule has 2 aromatic rings. The van der Waals surface area contributed by atoms with Crippen LogP contribution >= 0.6 is 0 Å². The lowest BCUT2D eigenvalue weighted by Crippen LogP contribution is -2.37. The fourth-order valence-electron chi connectivity index (χ4n) is 3.69. The minimum Gasteiger partial charge on any atom is -0.433 e. The Kier molecular flexibility index (Phi) is 3.94. The van der Waals surface area contributed by atoms with E-state index in [0.717, 1.165) is 30.4 Å². The molecule has 1 fully saturated rings. The molecule has 1 aromatic carbocycles. The molecule has 1 aromatic heterocycles. The minimum absolute atomic E-state index is 0.0138. The second-order valence-electron chi connectivity index (χ2n) is 6.63. The van der Waals surface area contributed by atoms with Gasteiger partial charge in [-0.1, -0.05) is 12.1 Å². The number of fused-ring (bicyclic) bond motifs is 1. The fourth-order valence-corrected chi connectivity index (χ4v) is 3.69. The highest BCUT2D eigenvalue weighted by Gasteiger charge is 2.47. The van der Waals surface area contributed by atoms with Crippen LogP contribution in [0.2, 0.25) is 0 Å². The van der Waals surface area contributed by atoms with Crippen molar-refractivity contribution in [2.45, 2.75) is 31.8 Å². The van der Waals surface area contributed by atoms with E-state index >= 15 is 0 Å². The number of halogens is 2. The molecule has 1 amide bonds. The van der Waals surface area contributed by atoms with Crippen LogP contribution in [0.4, 0.5) is 14.5 Å². The zero-order valence-electron chi connectivity index (χ0n) is 13.9. The summed E-state index contributed by atoms with van der Waals surface area (Å²) in [5, 5.41) is 4.16. The summed E-state index contributed by atoms with van der Waals surface area (Å²) in [4.78, 5) is 14.6. The Morgan fingerprint density at radius 3 is 2.96 bits per heavy atom. The number of hydrogen-bond donors (Lipinski definition) is 0. The van der Waals surface area contributed by atoms with Crippen molar-refractivity contribution in [1.29, 1.82) is 0 Å². The second-order valence-corrected chi connectivity index (χ2v) is 6.63. The molecule has 2 heterocycles. The van der Waals surface area contributed by atoms with Gasteiger partial charge in [-0.3, -0.25) is 9.48 Å². The number of nitrogens with zero attached hydrogens (tertiary/aromatic N) is 3. The number of benzene rings is 1. The highest BCUT2D eigenvalue weighted by molar-refractivity contribution is 5.99. The Labute approximate surface area is 144 Å². The zero-order valence-corrected chi connectivity index (χ0v) is 13.9. The van der Waals surface area contributed by atoms with Gasteiger partial charge in [0.05, 0.1) is 11.9 Å². The first-order valence-corrected chi connectivity index (χ1v) is 8.41. The largest absolute Gasteiger partial charge is 0.433 e. The Hall–Kier alpha value is -2.44. The first-order valence-electron chi connectivity index (χ1n) is 8.41. The number of aromatic nitrogens is 2. The van der Waals surface area contributed by atoms with Crippen molar-refractivity contribution in [3.63, 3.8) is 0 Å². The summed E-state index contributed by atoms with van der Waals surface area (Å²) in [5.41, 5.74) is 2.45. The average molecular weight is 347 g/mol. The number of amides is 1. The van der Waals surface area contributed by atoms with Crippen LogP contribution in [0.15, 0.2) is 30.6 Å². The summed E-state index contributed by atoms with van der Waals surface area (Å²) in [5.74, 6) is 0.115. The highest BCUT2D eigenvalue weighted by Crippen LogP contribution is 2.50. The molecule has 4 rings (SSSR count). The average Bonchev–Trinajstić information content (AvgIpc) is 3.27. The maximum Gasteiger partial charge on any atom is 0.387 e. The van der Waals surface area contributed by atoms with Gasteiger partial charge in [0, 0.05) is 25.7 Å². The third-order valence-electron chi connectivity index (χ3n) is 4.92. The molecule has 132 valence electrons. The summed E-state index contributed by atoms with van der Waals surface area (Å²) in [7, 11) is 1.84. The first kappa shape index (κ1) is 16.1. The molecule has 1 aliphatic carbocycles. The summed E-state index contributed by atoms with van der Waals surface area (Å²) in [6.07, 6.45) is 6.06. The number of anilines is 1. The minimum atomic E-state index is -2.91. The van der Waals surface area contributed by atoms with E-state index in [4.69, 9.17) is 0 Å². The van der Waals surface area contributed by atoms with Crippen molar-refractivity contribution < 1.29 is 18.3 Å². The van der Waals surface area contributed by atoms with Crippen LogP contribution in [0.3, 0.4) is 0 Å². The third kappa shape index (κ3) is 2.99. The van der Waals surface area contributed by atoms with E-state index in [2.05, 4.69) is 9.84 Å². The molecule has 1 aliphatic heterocycles. The van der Waals surface area contributed by atoms with Gasteiger partial charge in [-0.15, -0.1) is 0 Å². The van der Waals surface area contributed by atoms with Gasteiger partial charge in [-0.25, -0.2) is 0 Å². The van der Waals surface area contributed by atoms with Crippen molar-refractivity contribution in [3.05, 3.63) is 41.7 Å². The molecule has 2 atom stereocenters. The predicted octanol–water partition coefficient (Wildman–Crippen LogP) is 3.10. The normalized spacial score (nSPS) is 22.0. The third-order valence-corrected chi connectivity index (χ3v) is 4.92. The Balaban J connectivity index is 1.59. The first-order chi connectivity index (χ1) is 12.0.